The van der Waals surface area contributed by atoms with Crippen molar-refractivity contribution in [2.45, 2.75) is 11.8 Å². The Morgan fingerprint density at radius 1 is 0.811 bits per heavy atom. The Hall–Kier alpha value is -4.23. The number of urea groups is 1. The van der Waals surface area contributed by atoms with Crippen LogP contribution >= 0.6 is 11.8 Å². The van der Waals surface area contributed by atoms with Gasteiger partial charge in [0.15, 0.2) is 0 Å². The molecule has 4 aromatic rings. The van der Waals surface area contributed by atoms with Crippen molar-refractivity contribution < 1.29 is 14.3 Å². The second-order valence-electron chi connectivity index (χ2n) is 8.31. The molecule has 0 aromatic heterocycles. The summed E-state index contributed by atoms with van der Waals surface area (Å²) in [6, 6.07) is 34.0. The van der Waals surface area contributed by atoms with E-state index in [-0.39, 0.29) is 11.9 Å². The van der Waals surface area contributed by atoms with Gasteiger partial charge in [0.2, 0.25) is 5.91 Å². The number of amides is 3. The second kappa shape index (κ2) is 13.2. The summed E-state index contributed by atoms with van der Waals surface area (Å²) in [4.78, 5) is 28.3. The van der Waals surface area contributed by atoms with Gasteiger partial charge in [-0.3, -0.25) is 9.69 Å². The normalized spacial score (nSPS) is 10.4. The van der Waals surface area contributed by atoms with Gasteiger partial charge >= 0.3 is 6.03 Å². The van der Waals surface area contributed by atoms with Gasteiger partial charge in [0.05, 0.1) is 5.75 Å². The molecule has 0 heterocycles. The molecule has 0 aliphatic rings. The molecule has 0 bridgehead atoms. The van der Waals surface area contributed by atoms with Crippen LogP contribution in [0.25, 0.3) is 0 Å². The largest absolute Gasteiger partial charge is 0.457 e. The van der Waals surface area contributed by atoms with E-state index < -0.39 is 0 Å². The van der Waals surface area contributed by atoms with Crippen molar-refractivity contribution >= 4 is 35.1 Å². The number of nitrogens with one attached hydrogen (secondary N) is 2. The van der Waals surface area contributed by atoms with E-state index in [1.54, 1.807) is 4.90 Å². The fraction of sp³-hybridized carbons (Fsp3) is 0.133. The fourth-order valence-electron chi connectivity index (χ4n) is 3.60. The Morgan fingerprint density at radius 3 is 2.19 bits per heavy atom. The molecule has 2 N–H and O–H groups in total. The quantitative estimate of drug-likeness (QED) is 0.232. The molecule has 0 radical (unpaired) electrons. The van der Waals surface area contributed by atoms with Crippen molar-refractivity contribution in [1.82, 2.24) is 5.32 Å². The zero-order valence-electron chi connectivity index (χ0n) is 20.6. The molecule has 0 fully saturated rings. The third-order valence-corrected chi connectivity index (χ3v) is 6.42. The van der Waals surface area contributed by atoms with Crippen molar-refractivity contribution in [2.75, 3.05) is 29.1 Å². The number of anilines is 2. The first-order valence-corrected chi connectivity index (χ1v) is 13.0. The van der Waals surface area contributed by atoms with E-state index in [1.807, 2.05) is 116 Å². The van der Waals surface area contributed by atoms with Crippen LogP contribution in [0.5, 0.6) is 11.5 Å². The standard InChI is InChI=1S/C30H29N3O3S/c1-23-9-8-10-24(21-23)32-30(35)33(20-19-31-29(34)22-37-28-13-6-3-7-14-28)25-15-17-27(18-16-25)36-26-11-4-2-5-12-26/h2-18,21H,19-20,22H2,1H3,(H,31,34)(H,32,35). The number of aryl methyl sites for hydroxylation is 1. The minimum Gasteiger partial charge on any atom is -0.457 e. The molecular weight excluding hydrogens is 482 g/mol. The third kappa shape index (κ3) is 8.15. The lowest BCUT2D eigenvalue weighted by atomic mass is 10.2. The summed E-state index contributed by atoms with van der Waals surface area (Å²) in [6.45, 7) is 2.60. The molecule has 3 amide bonds. The molecule has 6 nitrogen and oxygen atoms in total. The number of hydrogen-bond acceptors (Lipinski definition) is 4. The van der Waals surface area contributed by atoms with Crippen molar-refractivity contribution in [1.29, 1.82) is 0 Å². The zero-order chi connectivity index (χ0) is 25.9. The Balaban J connectivity index is 1.40. The van der Waals surface area contributed by atoms with Gasteiger partial charge in [0, 0.05) is 29.4 Å². The summed E-state index contributed by atoms with van der Waals surface area (Å²) in [5.41, 5.74) is 2.45. The summed E-state index contributed by atoms with van der Waals surface area (Å²) < 4.78 is 5.88. The van der Waals surface area contributed by atoms with E-state index in [9.17, 15) is 9.59 Å². The number of nitrogens with zero attached hydrogens (tertiary/aromatic N) is 1. The first kappa shape index (κ1) is 25.9. The Labute approximate surface area is 221 Å². The minimum absolute atomic E-state index is 0.0838. The molecule has 0 spiro atoms. The molecule has 0 unspecified atom stereocenters. The van der Waals surface area contributed by atoms with Gasteiger partial charge in [-0.1, -0.05) is 48.5 Å². The fourth-order valence-corrected chi connectivity index (χ4v) is 4.35. The van der Waals surface area contributed by atoms with Crippen LogP contribution in [0.2, 0.25) is 0 Å². The number of hydrogen-bond donors (Lipinski definition) is 2. The van der Waals surface area contributed by atoms with Crippen LogP contribution in [-0.4, -0.2) is 30.8 Å². The SMILES string of the molecule is Cc1cccc(NC(=O)N(CCNC(=O)CSc2ccccc2)c2ccc(Oc3ccccc3)cc2)c1. The van der Waals surface area contributed by atoms with Gasteiger partial charge < -0.3 is 15.4 Å². The molecular formula is C30H29N3O3S. The first-order valence-electron chi connectivity index (χ1n) is 12.0. The lowest BCUT2D eigenvalue weighted by Crippen LogP contribution is -2.41. The smallest absolute Gasteiger partial charge is 0.326 e. The number of carbonyl (C=O) groups is 2. The maximum Gasteiger partial charge on any atom is 0.326 e. The lowest BCUT2D eigenvalue weighted by molar-refractivity contribution is -0.118. The first-order chi connectivity index (χ1) is 18.1. The molecule has 188 valence electrons. The molecule has 0 aliphatic carbocycles. The number of carbonyl (C=O) groups excluding carboxylic acids is 2. The van der Waals surface area contributed by atoms with Crippen molar-refractivity contribution in [3.05, 3.63) is 115 Å². The number of rotatable bonds is 10. The maximum absolute atomic E-state index is 13.3. The van der Waals surface area contributed by atoms with Crippen molar-refractivity contribution in [2.24, 2.45) is 0 Å². The third-order valence-electron chi connectivity index (χ3n) is 5.41. The molecule has 4 rings (SSSR count). The molecule has 0 aliphatic heterocycles. The molecule has 0 saturated carbocycles. The highest BCUT2D eigenvalue weighted by molar-refractivity contribution is 8.00. The monoisotopic (exact) mass is 511 g/mol. The summed E-state index contributed by atoms with van der Waals surface area (Å²) in [5, 5.41) is 5.88. The van der Waals surface area contributed by atoms with Gasteiger partial charge in [-0.05, 0) is 73.2 Å². The Kier molecular flexibility index (Phi) is 9.21. The lowest BCUT2D eigenvalue weighted by Gasteiger charge is -2.24. The number of thioether (sulfide) groups is 1. The highest BCUT2D eigenvalue weighted by Crippen LogP contribution is 2.25. The summed E-state index contributed by atoms with van der Waals surface area (Å²) in [7, 11) is 0. The molecule has 7 heteroatoms. The van der Waals surface area contributed by atoms with Crippen molar-refractivity contribution in [3.63, 3.8) is 0 Å². The molecule has 4 aromatic carbocycles. The highest BCUT2D eigenvalue weighted by Gasteiger charge is 2.17. The summed E-state index contributed by atoms with van der Waals surface area (Å²) in [6.07, 6.45) is 0. The molecule has 0 atom stereocenters. The van der Waals surface area contributed by atoms with Crippen LogP contribution < -0.4 is 20.3 Å². The van der Waals surface area contributed by atoms with Gasteiger partial charge in [0.25, 0.3) is 0 Å². The number of ether oxygens (including phenoxy) is 1. The Morgan fingerprint density at radius 2 is 1.49 bits per heavy atom. The zero-order valence-corrected chi connectivity index (χ0v) is 21.4. The van der Waals surface area contributed by atoms with Gasteiger partial charge in [-0.25, -0.2) is 4.79 Å². The van der Waals surface area contributed by atoms with Crippen molar-refractivity contribution in [3.8, 4) is 11.5 Å². The number of para-hydroxylation sites is 1. The maximum atomic E-state index is 13.3. The van der Waals surface area contributed by atoms with E-state index in [2.05, 4.69) is 10.6 Å². The minimum atomic E-state index is -0.282. The topological polar surface area (TPSA) is 70.7 Å². The van der Waals surface area contributed by atoms with E-state index in [1.165, 1.54) is 11.8 Å². The van der Waals surface area contributed by atoms with E-state index in [4.69, 9.17) is 4.74 Å². The van der Waals surface area contributed by atoms with Crippen LogP contribution in [0.1, 0.15) is 5.56 Å². The van der Waals surface area contributed by atoms with Gasteiger partial charge in [0.1, 0.15) is 11.5 Å². The number of benzene rings is 4. The molecule has 37 heavy (non-hydrogen) atoms. The van der Waals surface area contributed by atoms with Crippen LogP contribution in [0.3, 0.4) is 0 Å². The van der Waals surface area contributed by atoms with E-state index in [0.717, 1.165) is 16.2 Å². The average Bonchev–Trinajstić information content (AvgIpc) is 2.92. The predicted octanol–water partition coefficient (Wildman–Crippen LogP) is 6.73. The van der Waals surface area contributed by atoms with Gasteiger partial charge in [-0.2, -0.15) is 0 Å². The summed E-state index contributed by atoms with van der Waals surface area (Å²) >= 11 is 1.48. The summed E-state index contributed by atoms with van der Waals surface area (Å²) in [5.74, 6) is 1.63. The van der Waals surface area contributed by atoms with E-state index >= 15 is 0 Å². The highest BCUT2D eigenvalue weighted by atomic mass is 32.2. The second-order valence-corrected chi connectivity index (χ2v) is 9.36. The Bertz CT molecular complexity index is 1300. The predicted molar refractivity (Wildman–Crippen MR) is 151 cm³/mol. The van der Waals surface area contributed by atoms with Crippen LogP contribution in [0.15, 0.2) is 114 Å². The van der Waals surface area contributed by atoms with Crippen LogP contribution in [-0.2, 0) is 4.79 Å². The van der Waals surface area contributed by atoms with Crippen LogP contribution in [0, 0.1) is 6.92 Å². The van der Waals surface area contributed by atoms with Crippen LogP contribution in [0.4, 0.5) is 16.2 Å². The van der Waals surface area contributed by atoms with E-state index in [0.29, 0.717) is 36.0 Å². The van der Waals surface area contributed by atoms with Gasteiger partial charge in [-0.15, -0.1) is 11.8 Å². The molecule has 0 saturated heterocycles. The average molecular weight is 512 g/mol.